The molecule has 10 heteroatoms. The SMILES string of the molecule is COc1cc(OC)cc(N(CCn2cnc(C)n2)c2ccc3ncc(-c4cnn(CC(C)C)c4)nc3c2)c1. The molecule has 0 bridgehead atoms. The molecule has 0 saturated carbocycles. The Kier molecular flexibility index (Phi) is 7.21. The Morgan fingerprint density at radius 1 is 0.895 bits per heavy atom. The van der Waals surface area contributed by atoms with Gasteiger partial charge in [0.05, 0.1) is 49.9 Å². The number of fused-ring (bicyclic) bond motifs is 1. The Morgan fingerprint density at radius 2 is 1.68 bits per heavy atom. The Bertz CT molecular complexity index is 1520. The fourth-order valence-corrected chi connectivity index (χ4v) is 4.33. The Hall–Kier alpha value is -4.47. The van der Waals surface area contributed by atoms with Gasteiger partial charge < -0.3 is 14.4 Å². The molecular formula is C28H32N8O2. The van der Waals surface area contributed by atoms with Crippen LogP contribution in [0.4, 0.5) is 11.4 Å². The van der Waals surface area contributed by atoms with Gasteiger partial charge in [-0.25, -0.2) is 9.97 Å². The van der Waals surface area contributed by atoms with Gasteiger partial charge in [0, 0.05) is 54.4 Å². The molecule has 0 amide bonds. The summed E-state index contributed by atoms with van der Waals surface area (Å²) in [7, 11) is 3.30. The minimum atomic E-state index is 0.510. The van der Waals surface area contributed by atoms with Gasteiger partial charge in [-0.1, -0.05) is 13.8 Å². The zero-order valence-electron chi connectivity index (χ0n) is 22.4. The number of hydrogen-bond acceptors (Lipinski definition) is 8. The number of benzene rings is 2. The first-order valence-electron chi connectivity index (χ1n) is 12.6. The third-order valence-corrected chi connectivity index (χ3v) is 6.17. The lowest BCUT2D eigenvalue weighted by molar-refractivity contribution is 0.394. The van der Waals surface area contributed by atoms with E-state index >= 15 is 0 Å². The molecule has 5 aromatic rings. The molecule has 0 atom stereocenters. The van der Waals surface area contributed by atoms with Crippen molar-refractivity contribution in [1.82, 2.24) is 34.5 Å². The summed E-state index contributed by atoms with van der Waals surface area (Å²) >= 11 is 0. The average molecular weight is 513 g/mol. The van der Waals surface area contributed by atoms with Crippen LogP contribution in [0.25, 0.3) is 22.3 Å². The molecule has 196 valence electrons. The van der Waals surface area contributed by atoms with Crippen LogP contribution in [0.1, 0.15) is 19.7 Å². The minimum absolute atomic E-state index is 0.510. The maximum Gasteiger partial charge on any atom is 0.147 e. The monoisotopic (exact) mass is 512 g/mol. The quantitative estimate of drug-likeness (QED) is 0.261. The van der Waals surface area contributed by atoms with Gasteiger partial charge in [-0.2, -0.15) is 10.2 Å². The lowest BCUT2D eigenvalue weighted by atomic mass is 10.2. The van der Waals surface area contributed by atoms with E-state index in [-0.39, 0.29) is 0 Å². The van der Waals surface area contributed by atoms with Crippen LogP contribution < -0.4 is 14.4 Å². The van der Waals surface area contributed by atoms with E-state index in [0.29, 0.717) is 30.5 Å². The predicted octanol–water partition coefficient (Wildman–Crippen LogP) is 4.90. The van der Waals surface area contributed by atoms with Crippen LogP contribution >= 0.6 is 0 Å². The lowest BCUT2D eigenvalue weighted by Gasteiger charge is -2.26. The lowest BCUT2D eigenvalue weighted by Crippen LogP contribution is -2.23. The summed E-state index contributed by atoms with van der Waals surface area (Å²) < 4.78 is 14.9. The van der Waals surface area contributed by atoms with Crippen LogP contribution in [-0.2, 0) is 13.1 Å². The van der Waals surface area contributed by atoms with Crippen molar-refractivity contribution in [2.24, 2.45) is 5.92 Å². The maximum atomic E-state index is 5.55. The standard InChI is InChI=1S/C28H32N8O2/c1-19(2)16-35-17-21(14-31-35)28-15-29-26-7-6-22(12-27(26)32-28)36(9-8-34-18-30-20(3)33-34)23-10-24(37-4)13-25(11-23)38-5/h6-7,10-15,17-19H,8-9,16H2,1-5H3. The van der Waals surface area contributed by atoms with Crippen molar-refractivity contribution in [3.05, 3.63) is 67.1 Å². The molecular weight excluding hydrogens is 480 g/mol. The predicted molar refractivity (Wildman–Crippen MR) is 147 cm³/mol. The first kappa shape index (κ1) is 25.2. The number of hydrogen-bond donors (Lipinski definition) is 0. The Morgan fingerprint density at radius 3 is 2.37 bits per heavy atom. The number of aryl methyl sites for hydroxylation is 1. The highest BCUT2D eigenvalue weighted by Crippen LogP contribution is 2.34. The molecule has 10 nitrogen and oxygen atoms in total. The summed E-state index contributed by atoms with van der Waals surface area (Å²) in [6.45, 7) is 8.36. The second-order valence-electron chi connectivity index (χ2n) is 9.55. The maximum absolute atomic E-state index is 5.55. The Labute approximate surface area is 221 Å². The van der Waals surface area contributed by atoms with Gasteiger partial charge >= 0.3 is 0 Å². The van der Waals surface area contributed by atoms with E-state index in [0.717, 1.165) is 46.0 Å². The van der Waals surface area contributed by atoms with E-state index in [9.17, 15) is 0 Å². The molecule has 3 aromatic heterocycles. The summed E-state index contributed by atoms with van der Waals surface area (Å²) in [6.07, 6.45) is 7.42. The molecule has 5 rings (SSSR count). The highest BCUT2D eigenvalue weighted by Gasteiger charge is 2.15. The molecule has 2 aromatic carbocycles. The molecule has 0 saturated heterocycles. The molecule has 0 aliphatic rings. The van der Waals surface area contributed by atoms with E-state index < -0.39 is 0 Å². The molecule has 3 heterocycles. The molecule has 0 radical (unpaired) electrons. The van der Waals surface area contributed by atoms with E-state index in [1.807, 2.05) is 52.9 Å². The van der Waals surface area contributed by atoms with E-state index in [1.54, 1.807) is 26.7 Å². The smallest absolute Gasteiger partial charge is 0.147 e. The topological polar surface area (TPSA) is 96.0 Å². The minimum Gasteiger partial charge on any atom is -0.497 e. The van der Waals surface area contributed by atoms with E-state index in [4.69, 9.17) is 14.5 Å². The summed E-state index contributed by atoms with van der Waals surface area (Å²) in [4.78, 5) is 16.1. The number of ether oxygens (including phenoxy) is 2. The number of aromatic nitrogens is 7. The van der Waals surface area contributed by atoms with Gasteiger partial charge in [0.1, 0.15) is 23.7 Å². The average Bonchev–Trinajstić information content (AvgIpc) is 3.56. The van der Waals surface area contributed by atoms with Crippen LogP contribution in [-0.4, -0.2) is 55.3 Å². The highest BCUT2D eigenvalue weighted by atomic mass is 16.5. The Balaban J connectivity index is 1.53. The normalized spacial score (nSPS) is 11.3. The first-order valence-corrected chi connectivity index (χ1v) is 12.6. The van der Waals surface area contributed by atoms with Crippen molar-refractivity contribution in [1.29, 1.82) is 0 Å². The molecule has 0 N–H and O–H groups in total. The highest BCUT2D eigenvalue weighted by molar-refractivity contribution is 5.82. The van der Waals surface area contributed by atoms with Gasteiger partial charge in [0.2, 0.25) is 0 Å². The van der Waals surface area contributed by atoms with Gasteiger partial charge in [-0.15, -0.1) is 0 Å². The zero-order chi connectivity index (χ0) is 26.6. The number of methoxy groups -OCH3 is 2. The number of rotatable bonds is 10. The third-order valence-electron chi connectivity index (χ3n) is 6.17. The first-order chi connectivity index (χ1) is 18.4. The molecule has 38 heavy (non-hydrogen) atoms. The van der Waals surface area contributed by atoms with E-state index in [2.05, 4.69) is 51.0 Å². The van der Waals surface area contributed by atoms with Crippen LogP contribution in [0.15, 0.2) is 61.3 Å². The summed E-state index contributed by atoms with van der Waals surface area (Å²) in [5, 5.41) is 8.94. The fourth-order valence-electron chi connectivity index (χ4n) is 4.33. The van der Waals surface area contributed by atoms with Crippen LogP contribution in [0.2, 0.25) is 0 Å². The summed E-state index contributed by atoms with van der Waals surface area (Å²) in [5.74, 6) is 2.67. The van der Waals surface area contributed by atoms with Crippen molar-refractivity contribution in [2.75, 3.05) is 25.7 Å². The summed E-state index contributed by atoms with van der Waals surface area (Å²) in [6, 6.07) is 11.9. The van der Waals surface area contributed by atoms with E-state index in [1.165, 1.54) is 0 Å². The van der Waals surface area contributed by atoms with Crippen molar-refractivity contribution >= 4 is 22.4 Å². The molecule has 0 fully saturated rings. The molecule has 0 spiro atoms. The van der Waals surface area contributed by atoms with Crippen LogP contribution in [0, 0.1) is 12.8 Å². The van der Waals surface area contributed by atoms with Crippen molar-refractivity contribution < 1.29 is 9.47 Å². The second-order valence-corrected chi connectivity index (χ2v) is 9.55. The third kappa shape index (κ3) is 5.59. The van der Waals surface area contributed by atoms with Crippen LogP contribution in [0.3, 0.4) is 0 Å². The zero-order valence-corrected chi connectivity index (χ0v) is 22.4. The second kappa shape index (κ2) is 10.9. The number of anilines is 2. The largest absolute Gasteiger partial charge is 0.497 e. The van der Waals surface area contributed by atoms with Crippen molar-refractivity contribution in [2.45, 2.75) is 33.9 Å². The number of nitrogens with zero attached hydrogens (tertiary/aromatic N) is 8. The molecule has 0 aliphatic carbocycles. The fraction of sp³-hybridized carbons (Fsp3) is 0.321. The molecule has 0 aliphatic heterocycles. The van der Waals surface area contributed by atoms with Crippen molar-refractivity contribution in [3.63, 3.8) is 0 Å². The van der Waals surface area contributed by atoms with Crippen LogP contribution in [0.5, 0.6) is 11.5 Å². The van der Waals surface area contributed by atoms with Gasteiger partial charge in [0.25, 0.3) is 0 Å². The molecule has 0 unspecified atom stereocenters. The van der Waals surface area contributed by atoms with Gasteiger partial charge in [0.15, 0.2) is 0 Å². The van der Waals surface area contributed by atoms with Crippen molar-refractivity contribution in [3.8, 4) is 22.8 Å². The summed E-state index contributed by atoms with van der Waals surface area (Å²) in [5.41, 5.74) is 5.25. The van der Waals surface area contributed by atoms with Gasteiger partial charge in [-0.05, 0) is 31.0 Å². The van der Waals surface area contributed by atoms with Gasteiger partial charge in [-0.3, -0.25) is 14.3 Å².